The summed E-state index contributed by atoms with van der Waals surface area (Å²) in [5.74, 6) is 0.949. The first-order chi connectivity index (χ1) is 9.67. The second-order valence-electron chi connectivity index (χ2n) is 4.85. The predicted octanol–water partition coefficient (Wildman–Crippen LogP) is 4.54. The molecule has 0 aliphatic heterocycles. The van der Waals surface area contributed by atoms with Gasteiger partial charge in [0.25, 0.3) is 0 Å². The van der Waals surface area contributed by atoms with Crippen LogP contribution in [-0.4, -0.2) is 7.11 Å². The van der Waals surface area contributed by atoms with E-state index in [0.29, 0.717) is 10.8 Å². The van der Waals surface area contributed by atoms with E-state index in [-0.39, 0.29) is 12.0 Å². The van der Waals surface area contributed by atoms with Gasteiger partial charge in [0.05, 0.1) is 12.1 Å². The molecule has 0 amide bonds. The number of hydrogen-bond acceptors (Lipinski definition) is 2. The van der Waals surface area contributed by atoms with Crippen molar-refractivity contribution in [1.82, 2.24) is 0 Å². The predicted molar refractivity (Wildman–Crippen MR) is 84.4 cm³/mol. The Morgan fingerprint density at radius 1 is 1.10 bits per heavy atom. The highest BCUT2D eigenvalue weighted by Gasteiger charge is 2.20. The molecule has 0 fully saturated rings. The van der Waals surface area contributed by atoms with Gasteiger partial charge in [-0.25, -0.2) is 0 Å². The normalized spacial score (nSPS) is 13.8. The van der Waals surface area contributed by atoms with Crippen molar-refractivity contribution in [2.45, 2.75) is 25.3 Å². The standard InChI is InChI=1S/C17H20ClNO/c1-3-14(12-7-5-4-6-8-12)17(19)13-9-10-15(18)16(11-13)20-2/h4-11,14,17H,3,19H2,1-2H3. The second-order valence-corrected chi connectivity index (χ2v) is 5.25. The molecule has 2 N–H and O–H groups in total. The summed E-state index contributed by atoms with van der Waals surface area (Å²) in [6, 6.07) is 16.0. The molecule has 2 aromatic rings. The zero-order chi connectivity index (χ0) is 14.5. The molecule has 20 heavy (non-hydrogen) atoms. The van der Waals surface area contributed by atoms with E-state index < -0.39 is 0 Å². The van der Waals surface area contributed by atoms with Gasteiger partial charge in [-0.05, 0) is 29.7 Å². The third-order valence-electron chi connectivity index (χ3n) is 3.66. The Labute approximate surface area is 125 Å². The quantitative estimate of drug-likeness (QED) is 0.877. The van der Waals surface area contributed by atoms with Gasteiger partial charge in [-0.3, -0.25) is 0 Å². The topological polar surface area (TPSA) is 35.2 Å². The van der Waals surface area contributed by atoms with Crippen LogP contribution < -0.4 is 10.5 Å². The van der Waals surface area contributed by atoms with Crippen LogP contribution in [0.15, 0.2) is 48.5 Å². The average Bonchev–Trinajstić information content (AvgIpc) is 2.49. The Morgan fingerprint density at radius 2 is 1.80 bits per heavy atom. The molecule has 2 nitrogen and oxygen atoms in total. The van der Waals surface area contributed by atoms with Gasteiger partial charge in [-0.2, -0.15) is 0 Å². The van der Waals surface area contributed by atoms with Crippen LogP contribution in [0.1, 0.15) is 36.4 Å². The van der Waals surface area contributed by atoms with Gasteiger partial charge in [-0.1, -0.05) is 54.9 Å². The summed E-state index contributed by atoms with van der Waals surface area (Å²) in [4.78, 5) is 0. The van der Waals surface area contributed by atoms with Crippen molar-refractivity contribution in [3.63, 3.8) is 0 Å². The molecule has 2 atom stereocenters. The molecule has 0 aliphatic rings. The molecule has 0 radical (unpaired) electrons. The first kappa shape index (κ1) is 14.9. The first-order valence-electron chi connectivity index (χ1n) is 6.81. The highest BCUT2D eigenvalue weighted by molar-refractivity contribution is 6.32. The molecular formula is C17H20ClNO. The van der Waals surface area contributed by atoms with Crippen LogP contribution in [0, 0.1) is 0 Å². The SMILES string of the molecule is CCC(c1ccccc1)C(N)c1ccc(Cl)c(OC)c1. The van der Waals surface area contributed by atoms with Crippen LogP contribution in [0.2, 0.25) is 5.02 Å². The summed E-state index contributed by atoms with van der Waals surface area (Å²) >= 11 is 6.07. The molecule has 0 spiro atoms. The monoisotopic (exact) mass is 289 g/mol. The van der Waals surface area contributed by atoms with Gasteiger partial charge in [0.15, 0.2) is 0 Å². The van der Waals surface area contributed by atoms with E-state index in [1.807, 2.05) is 36.4 Å². The van der Waals surface area contributed by atoms with Crippen molar-refractivity contribution < 1.29 is 4.74 Å². The van der Waals surface area contributed by atoms with E-state index in [0.717, 1.165) is 12.0 Å². The number of benzene rings is 2. The number of ether oxygens (including phenoxy) is 1. The fourth-order valence-corrected chi connectivity index (χ4v) is 2.71. The molecule has 0 bridgehead atoms. The number of nitrogens with two attached hydrogens (primary N) is 1. The number of methoxy groups -OCH3 is 1. The van der Waals surface area contributed by atoms with Crippen LogP contribution in [0.5, 0.6) is 5.75 Å². The van der Waals surface area contributed by atoms with E-state index >= 15 is 0 Å². The highest BCUT2D eigenvalue weighted by Crippen LogP contribution is 2.35. The minimum Gasteiger partial charge on any atom is -0.495 e. The largest absolute Gasteiger partial charge is 0.495 e. The third-order valence-corrected chi connectivity index (χ3v) is 3.97. The molecule has 3 heteroatoms. The van der Waals surface area contributed by atoms with Crippen molar-refractivity contribution in [3.05, 3.63) is 64.7 Å². The van der Waals surface area contributed by atoms with Crippen molar-refractivity contribution in [1.29, 1.82) is 0 Å². The summed E-state index contributed by atoms with van der Waals surface area (Å²) in [5, 5.41) is 0.608. The molecule has 0 saturated carbocycles. The van der Waals surface area contributed by atoms with Crippen LogP contribution in [0.4, 0.5) is 0 Å². The van der Waals surface area contributed by atoms with Crippen LogP contribution in [0.3, 0.4) is 0 Å². The maximum absolute atomic E-state index is 6.46. The second kappa shape index (κ2) is 6.78. The number of rotatable bonds is 5. The molecule has 2 aromatic carbocycles. The molecule has 2 unspecified atom stereocenters. The van der Waals surface area contributed by atoms with Gasteiger partial charge < -0.3 is 10.5 Å². The lowest BCUT2D eigenvalue weighted by atomic mass is 9.86. The van der Waals surface area contributed by atoms with Crippen LogP contribution in [-0.2, 0) is 0 Å². The lowest BCUT2D eigenvalue weighted by molar-refractivity contribution is 0.413. The lowest BCUT2D eigenvalue weighted by Crippen LogP contribution is -2.19. The maximum Gasteiger partial charge on any atom is 0.137 e. The van der Waals surface area contributed by atoms with Gasteiger partial charge in [0.1, 0.15) is 5.75 Å². The summed E-state index contributed by atoms with van der Waals surface area (Å²) in [6.45, 7) is 2.16. The Kier molecular flexibility index (Phi) is 5.05. The van der Waals surface area contributed by atoms with E-state index in [1.165, 1.54) is 5.56 Å². The Balaban J connectivity index is 2.31. The fourth-order valence-electron chi connectivity index (χ4n) is 2.51. The summed E-state index contributed by atoms with van der Waals surface area (Å²) < 4.78 is 5.27. The third kappa shape index (κ3) is 3.14. The molecule has 106 valence electrons. The van der Waals surface area contributed by atoms with Crippen molar-refractivity contribution in [3.8, 4) is 5.75 Å². The van der Waals surface area contributed by atoms with Crippen molar-refractivity contribution >= 4 is 11.6 Å². The summed E-state index contributed by atoms with van der Waals surface area (Å²) in [5.41, 5.74) is 8.76. The van der Waals surface area contributed by atoms with Crippen LogP contribution >= 0.6 is 11.6 Å². The molecular weight excluding hydrogens is 270 g/mol. The maximum atomic E-state index is 6.46. The van der Waals surface area contributed by atoms with E-state index in [2.05, 4.69) is 19.1 Å². The van der Waals surface area contributed by atoms with Gasteiger partial charge in [0, 0.05) is 12.0 Å². The first-order valence-corrected chi connectivity index (χ1v) is 7.19. The summed E-state index contributed by atoms with van der Waals surface area (Å²) in [7, 11) is 1.62. The van der Waals surface area contributed by atoms with E-state index in [1.54, 1.807) is 7.11 Å². The van der Waals surface area contributed by atoms with Gasteiger partial charge >= 0.3 is 0 Å². The Bertz CT molecular complexity index is 556. The van der Waals surface area contributed by atoms with Crippen LogP contribution in [0.25, 0.3) is 0 Å². The molecule has 0 aliphatic carbocycles. The molecule has 0 heterocycles. The fraction of sp³-hybridized carbons (Fsp3) is 0.294. The smallest absolute Gasteiger partial charge is 0.137 e. The van der Waals surface area contributed by atoms with Crippen molar-refractivity contribution in [2.75, 3.05) is 7.11 Å². The highest BCUT2D eigenvalue weighted by atomic mass is 35.5. The number of halogens is 1. The average molecular weight is 290 g/mol. The van der Waals surface area contributed by atoms with E-state index in [9.17, 15) is 0 Å². The van der Waals surface area contributed by atoms with Gasteiger partial charge in [0.2, 0.25) is 0 Å². The molecule has 0 aromatic heterocycles. The number of hydrogen-bond donors (Lipinski definition) is 1. The molecule has 0 saturated heterocycles. The minimum atomic E-state index is -0.0754. The van der Waals surface area contributed by atoms with Gasteiger partial charge in [-0.15, -0.1) is 0 Å². The Hall–Kier alpha value is -1.51. The zero-order valence-corrected chi connectivity index (χ0v) is 12.6. The molecule has 2 rings (SSSR count). The van der Waals surface area contributed by atoms with Crippen molar-refractivity contribution in [2.24, 2.45) is 5.73 Å². The summed E-state index contributed by atoms with van der Waals surface area (Å²) in [6.07, 6.45) is 0.982. The van der Waals surface area contributed by atoms with E-state index in [4.69, 9.17) is 22.1 Å². The zero-order valence-electron chi connectivity index (χ0n) is 11.8. The minimum absolute atomic E-state index is 0.0754. The Morgan fingerprint density at radius 3 is 2.40 bits per heavy atom. The lowest BCUT2D eigenvalue weighted by Gasteiger charge is -2.24.